The molecule has 0 radical (unpaired) electrons. The van der Waals surface area contributed by atoms with Crippen LogP contribution in [0.25, 0.3) is 21.3 Å². The fraction of sp³-hybridized carbons (Fsp3) is 0.136. The van der Waals surface area contributed by atoms with Crippen molar-refractivity contribution in [3.8, 4) is 11.1 Å². The number of aromatic nitrogens is 2. The number of nitrogens with one attached hydrogen (secondary N) is 1. The molecule has 4 rings (SSSR count). The summed E-state index contributed by atoms with van der Waals surface area (Å²) < 4.78 is 0. The van der Waals surface area contributed by atoms with Crippen molar-refractivity contribution in [1.29, 1.82) is 0 Å². The number of fused-ring (bicyclic) bond motifs is 1. The number of carbonyl (C=O) groups is 1. The number of hydrogen-bond donors (Lipinski definition) is 2. The van der Waals surface area contributed by atoms with Crippen molar-refractivity contribution in [3.63, 3.8) is 0 Å². The maximum absolute atomic E-state index is 11.6. The summed E-state index contributed by atoms with van der Waals surface area (Å²) in [5.74, 6) is -0.374. The molecule has 0 fully saturated rings. The van der Waals surface area contributed by atoms with Crippen LogP contribution in [0.15, 0.2) is 48.8 Å². The predicted molar refractivity (Wildman–Crippen MR) is 114 cm³/mol. The van der Waals surface area contributed by atoms with Crippen molar-refractivity contribution < 1.29 is 9.90 Å². The monoisotopic (exact) mass is 389 g/mol. The molecular formula is C22H19N3O2S. The Bertz CT molecular complexity index is 1210. The van der Waals surface area contributed by atoms with E-state index in [0.29, 0.717) is 11.5 Å². The normalized spacial score (nSPS) is 11.0. The smallest absolute Gasteiger partial charge is 0.337 e. The highest BCUT2D eigenvalue weighted by Gasteiger charge is 2.18. The molecule has 0 amide bonds. The molecule has 6 heteroatoms. The number of carboxylic acids is 1. The van der Waals surface area contributed by atoms with Crippen molar-refractivity contribution in [2.45, 2.75) is 20.8 Å². The van der Waals surface area contributed by atoms with Gasteiger partial charge in [-0.15, -0.1) is 11.3 Å². The zero-order valence-corrected chi connectivity index (χ0v) is 16.6. The Labute approximate surface area is 166 Å². The number of hydrogen-bond acceptors (Lipinski definition) is 5. The van der Waals surface area contributed by atoms with Crippen molar-refractivity contribution in [2.75, 3.05) is 5.32 Å². The molecule has 0 spiro atoms. The van der Waals surface area contributed by atoms with Crippen LogP contribution in [-0.2, 0) is 0 Å². The summed E-state index contributed by atoms with van der Waals surface area (Å²) in [7, 11) is 0. The van der Waals surface area contributed by atoms with E-state index >= 15 is 0 Å². The lowest BCUT2D eigenvalue weighted by atomic mass is 9.99. The molecule has 0 bridgehead atoms. The van der Waals surface area contributed by atoms with Crippen LogP contribution < -0.4 is 5.32 Å². The first-order chi connectivity index (χ1) is 13.5. The van der Waals surface area contributed by atoms with Gasteiger partial charge >= 0.3 is 5.97 Å². The van der Waals surface area contributed by atoms with Crippen LogP contribution in [0.3, 0.4) is 0 Å². The van der Waals surface area contributed by atoms with Crippen LogP contribution in [0.5, 0.6) is 0 Å². The van der Waals surface area contributed by atoms with Gasteiger partial charge in [0.05, 0.1) is 16.6 Å². The van der Waals surface area contributed by atoms with E-state index in [2.05, 4.69) is 54.3 Å². The molecule has 2 N–H and O–H groups in total. The van der Waals surface area contributed by atoms with Crippen LogP contribution in [0.2, 0.25) is 0 Å². The van der Waals surface area contributed by atoms with E-state index in [1.807, 2.05) is 0 Å². The third-order valence-electron chi connectivity index (χ3n) is 4.87. The maximum atomic E-state index is 11.6. The Morgan fingerprint density at radius 1 is 1.04 bits per heavy atom. The molecule has 2 heterocycles. The number of benzene rings is 2. The minimum Gasteiger partial charge on any atom is -0.478 e. The molecule has 28 heavy (non-hydrogen) atoms. The number of anilines is 2. The van der Waals surface area contributed by atoms with E-state index in [4.69, 9.17) is 0 Å². The summed E-state index contributed by atoms with van der Waals surface area (Å²) in [5, 5.41) is 13.6. The summed E-state index contributed by atoms with van der Waals surface area (Å²) in [6.07, 6.45) is 1.51. The van der Waals surface area contributed by atoms with Crippen molar-refractivity contribution in [1.82, 2.24) is 9.97 Å². The molecule has 0 aliphatic rings. The minimum absolute atomic E-state index is 0.203. The first-order valence-electron chi connectivity index (χ1n) is 8.86. The highest BCUT2D eigenvalue weighted by Crippen LogP contribution is 2.41. The van der Waals surface area contributed by atoms with Crippen LogP contribution in [-0.4, -0.2) is 21.0 Å². The van der Waals surface area contributed by atoms with Crippen LogP contribution in [0.1, 0.15) is 26.4 Å². The Balaban J connectivity index is 1.91. The SMILES string of the molecule is Cc1ccc(-c2c(C)sc3ncnc(Nc4ccccc4C(=O)O)c23)cc1C. The molecule has 0 aliphatic heterocycles. The van der Waals surface area contributed by atoms with Gasteiger partial charge in [0.2, 0.25) is 0 Å². The Morgan fingerprint density at radius 3 is 2.57 bits per heavy atom. The number of rotatable bonds is 4. The van der Waals surface area contributed by atoms with Gasteiger partial charge in [-0.2, -0.15) is 0 Å². The molecule has 0 atom stereocenters. The molecular weight excluding hydrogens is 370 g/mol. The van der Waals surface area contributed by atoms with Gasteiger partial charge in [0, 0.05) is 10.4 Å². The minimum atomic E-state index is -0.982. The van der Waals surface area contributed by atoms with Crippen molar-refractivity contribution in [3.05, 3.63) is 70.4 Å². The quantitative estimate of drug-likeness (QED) is 0.466. The van der Waals surface area contributed by atoms with E-state index < -0.39 is 5.97 Å². The van der Waals surface area contributed by atoms with E-state index in [1.165, 1.54) is 17.5 Å². The van der Waals surface area contributed by atoms with Gasteiger partial charge in [-0.3, -0.25) is 0 Å². The van der Waals surface area contributed by atoms with Crippen molar-refractivity contribution in [2.24, 2.45) is 0 Å². The summed E-state index contributed by atoms with van der Waals surface area (Å²) in [6, 6.07) is 13.2. The van der Waals surface area contributed by atoms with E-state index in [-0.39, 0.29) is 5.56 Å². The molecule has 0 unspecified atom stereocenters. The van der Waals surface area contributed by atoms with Crippen LogP contribution in [0, 0.1) is 20.8 Å². The van der Waals surface area contributed by atoms with Gasteiger partial charge < -0.3 is 10.4 Å². The van der Waals surface area contributed by atoms with Gasteiger partial charge in [0.15, 0.2) is 0 Å². The Hall–Kier alpha value is -3.25. The van der Waals surface area contributed by atoms with Crippen LogP contribution in [0.4, 0.5) is 11.5 Å². The van der Waals surface area contributed by atoms with E-state index in [0.717, 1.165) is 26.2 Å². The molecule has 0 aliphatic carbocycles. The lowest BCUT2D eigenvalue weighted by Crippen LogP contribution is -2.03. The molecule has 2 aromatic heterocycles. The number of nitrogens with zero attached hydrogens (tertiary/aromatic N) is 2. The number of para-hydroxylation sites is 1. The maximum Gasteiger partial charge on any atom is 0.337 e. The van der Waals surface area contributed by atoms with Gasteiger partial charge in [-0.1, -0.05) is 30.3 Å². The zero-order valence-electron chi connectivity index (χ0n) is 15.8. The fourth-order valence-corrected chi connectivity index (χ4v) is 4.30. The summed E-state index contributed by atoms with van der Waals surface area (Å²) >= 11 is 1.61. The second-order valence-electron chi connectivity index (χ2n) is 6.71. The van der Waals surface area contributed by atoms with Gasteiger partial charge in [-0.25, -0.2) is 14.8 Å². The average molecular weight is 389 g/mol. The number of aryl methyl sites for hydroxylation is 3. The zero-order chi connectivity index (χ0) is 19.8. The average Bonchev–Trinajstić information content (AvgIpc) is 3.01. The Kier molecular flexibility index (Phi) is 4.57. The number of thiophene rings is 1. The van der Waals surface area contributed by atoms with Gasteiger partial charge in [-0.05, 0) is 49.6 Å². The second kappa shape index (κ2) is 7.05. The first-order valence-corrected chi connectivity index (χ1v) is 9.68. The lowest BCUT2D eigenvalue weighted by molar-refractivity contribution is 0.0698. The molecule has 4 aromatic rings. The second-order valence-corrected chi connectivity index (χ2v) is 7.91. The largest absolute Gasteiger partial charge is 0.478 e. The topological polar surface area (TPSA) is 75.1 Å². The molecule has 2 aromatic carbocycles. The van der Waals surface area contributed by atoms with Gasteiger partial charge in [0.25, 0.3) is 0 Å². The van der Waals surface area contributed by atoms with Crippen LogP contribution >= 0.6 is 11.3 Å². The predicted octanol–water partition coefficient (Wildman–Crippen LogP) is 5.73. The third-order valence-corrected chi connectivity index (χ3v) is 5.88. The number of carboxylic acid groups (broad SMARTS) is 1. The first kappa shape index (κ1) is 18.1. The highest BCUT2D eigenvalue weighted by molar-refractivity contribution is 7.19. The lowest BCUT2D eigenvalue weighted by Gasteiger charge is -2.12. The molecule has 0 saturated heterocycles. The molecule has 140 valence electrons. The van der Waals surface area contributed by atoms with Crippen molar-refractivity contribution >= 4 is 39.0 Å². The highest BCUT2D eigenvalue weighted by atomic mass is 32.1. The standard InChI is InChI=1S/C22H19N3O2S/c1-12-8-9-15(10-13(12)2)18-14(3)28-21-19(18)20(23-11-24-21)25-17-7-5-4-6-16(17)22(26)27/h4-11H,1-3H3,(H,26,27)(H,23,24,25). The van der Waals surface area contributed by atoms with E-state index in [9.17, 15) is 9.90 Å². The fourth-order valence-electron chi connectivity index (χ4n) is 3.29. The van der Waals surface area contributed by atoms with Gasteiger partial charge in [0.1, 0.15) is 17.0 Å². The van der Waals surface area contributed by atoms with E-state index in [1.54, 1.807) is 35.6 Å². The molecule has 0 saturated carbocycles. The number of aromatic carboxylic acids is 1. The third kappa shape index (κ3) is 3.12. The summed E-state index contributed by atoms with van der Waals surface area (Å²) in [5.41, 5.74) is 5.36. The molecule has 5 nitrogen and oxygen atoms in total. The summed E-state index contributed by atoms with van der Waals surface area (Å²) in [4.78, 5) is 22.5. The Morgan fingerprint density at radius 2 is 1.82 bits per heavy atom. The summed E-state index contributed by atoms with van der Waals surface area (Å²) in [6.45, 7) is 6.27.